The number of hydrogen-bond acceptors (Lipinski definition) is 1. The Labute approximate surface area is 119 Å². The van der Waals surface area contributed by atoms with Crippen molar-refractivity contribution in [3.8, 4) is 0 Å². The van der Waals surface area contributed by atoms with E-state index >= 15 is 0 Å². The second-order valence-corrected chi connectivity index (χ2v) is 5.44. The third-order valence-electron chi connectivity index (χ3n) is 4.24. The Balaban J connectivity index is 1.78. The van der Waals surface area contributed by atoms with Gasteiger partial charge in [-0.05, 0) is 29.0 Å². The zero-order chi connectivity index (χ0) is 13.4. The molecule has 0 fully saturated rings. The van der Waals surface area contributed by atoms with Crippen molar-refractivity contribution in [2.24, 2.45) is 0 Å². The van der Waals surface area contributed by atoms with Crippen LogP contribution in [0.5, 0.6) is 0 Å². The van der Waals surface area contributed by atoms with E-state index in [2.05, 4.69) is 71.6 Å². The maximum Gasteiger partial charge on any atom is 0.0449 e. The Morgan fingerprint density at radius 1 is 0.700 bits per heavy atom. The summed E-state index contributed by atoms with van der Waals surface area (Å²) >= 11 is 0. The molecule has 0 aromatic heterocycles. The van der Waals surface area contributed by atoms with Crippen molar-refractivity contribution in [1.29, 1.82) is 0 Å². The normalized spacial score (nSPS) is 14.3. The molecule has 0 spiro atoms. The lowest BCUT2D eigenvalue weighted by Gasteiger charge is -2.31. The Hall–Kier alpha value is -2.28. The predicted molar refractivity (Wildman–Crippen MR) is 85.1 cm³/mol. The van der Waals surface area contributed by atoms with Crippen molar-refractivity contribution in [2.45, 2.75) is 13.0 Å². The third-order valence-corrected chi connectivity index (χ3v) is 4.24. The quantitative estimate of drug-likeness (QED) is 0.626. The lowest BCUT2D eigenvalue weighted by Crippen LogP contribution is -2.30. The Bertz CT molecular complexity index is 755. The average Bonchev–Trinajstić information content (AvgIpc) is 2.54. The standard InChI is InChI=1S/C19H17N/c1-2-8-17-14-20(13-12-15(17)6-1)19-11-5-9-16-7-3-4-10-18(16)19/h1-11H,12-14H2. The Morgan fingerprint density at radius 2 is 1.45 bits per heavy atom. The van der Waals surface area contributed by atoms with E-state index < -0.39 is 0 Å². The highest BCUT2D eigenvalue weighted by Crippen LogP contribution is 2.30. The molecule has 4 rings (SSSR count). The zero-order valence-electron chi connectivity index (χ0n) is 11.4. The lowest BCUT2D eigenvalue weighted by molar-refractivity contribution is 0.734. The molecule has 1 heteroatoms. The van der Waals surface area contributed by atoms with Crippen LogP contribution in [0.15, 0.2) is 66.7 Å². The Kier molecular flexibility index (Phi) is 2.70. The molecule has 0 bridgehead atoms. The van der Waals surface area contributed by atoms with Crippen LogP contribution in [0.3, 0.4) is 0 Å². The van der Waals surface area contributed by atoms with Crippen molar-refractivity contribution in [3.05, 3.63) is 77.9 Å². The van der Waals surface area contributed by atoms with Gasteiger partial charge < -0.3 is 4.90 Å². The molecule has 3 aromatic rings. The van der Waals surface area contributed by atoms with Gasteiger partial charge in [-0.15, -0.1) is 0 Å². The summed E-state index contributed by atoms with van der Waals surface area (Å²) in [4.78, 5) is 2.50. The predicted octanol–water partition coefficient (Wildman–Crippen LogP) is 4.40. The molecule has 0 amide bonds. The highest BCUT2D eigenvalue weighted by molar-refractivity contribution is 5.94. The van der Waals surface area contributed by atoms with Crippen LogP contribution in [0.25, 0.3) is 10.8 Å². The number of rotatable bonds is 1. The van der Waals surface area contributed by atoms with Gasteiger partial charge >= 0.3 is 0 Å². The molecule has 0 N–H and O–H groups in total. The molecular weight excluding hydrogens is 242 g/mol. The maximum absolute atomic E-state index is 2.50. The second-order valence-electron chi connectivity index (χ2n) is 5.44. The van der Waals surface area contributed by atoms with Gasteiger partial charge in [0.25, 0.3) is 0 Å². The highest BCUT2D eigenvalue weighted by atomic mass is 15.1. The van der Waals surface area contributed by atoms with Gasteiger partial charge in [-0.25, -0.2) is 0 Å². The molecule has 1 heterocycles. The molecule has 1 aliphatic rings. The van der Waals surface area contributed by atoms with Crippen LogP contribution in [0, 0.1) is 0 Å². The van der Waals surface area contributed by atoms with E-state index in [1.165, 1.54) is 27.6 Å². The van der Waals surface area contributed by atoms with Crippen LogP contribution < -0.4 is 4.90 Å². The molecule has 1 nitrogen and oxygen atoms in total. The first kappa shape index (κ1) is 11.5. The minimum Gasteiger partial charge on any atom is -0.366 e. The molecule has 98 valence electrons. The summed E-state index contributed by atoms with van der Waals surface area (Å²) in [7, 11) is 0. The Morgan fingerprint density at radius 3 is 2.40 bits per heavy atom. The maximum atomic E-state index is 2.50. The molecule has 0 radical (unpaired) electrons. The molecular formula is C19H17N. The largest absolute Gasteiger partial charge is 0.366 e. The minimum absolute atomic E-state index is 1.02. The van der Waals surface area contributed by atoms with E-state index in [-0.39, 0.29) is 0 Å². The molecule has 3 aromatic carbocycles. The van der Waals surface area contributed by atoms with Gasteiger partial charge in [-0.3, -0.25) is 0 Å². The SMILES string of the molecule is c1ccc2c(c1)CCN(c1cccc3ccccc13)C2. The van der Waals surface area contributed by atoms with Crippen molar-refractivity contribution < 1.29 is 0 Å². The van der Waals surface area contributed by atoms with Gasteiger partial charge in [0.1, 0.15) is 0 Å². The molecule has 1 aliphatic heterocycles. The van der Waals surface area contributed by atoms with Crippen molar-refractivity contribution in [2.75, 3.05) is 11.4 Å². The zero-order valence-corrected chi connectivity index (χ0v) is 11.4. The minimum atomic E-state index is 1.02. The number of nitrogens with zero attached hydrogens (tertiary/aromatic N) is 1. The monoisotopic (exact) mass is 259 g/mol. The average molecular weight is 259 g/mol. The smallest absolute Gasteiger partial charge is 0.0449 e. The molecule has 0 atom stereocenters. The van der Waals surface area contributed by atoms with Crippen molar-refractivity contribution in [1.82, 2.24) is 0 Å². The number of fused-ring (bicyclic) bond motifs is 2. The number of anilines is 1. The first-order chi connectivity index (χ1) is 9.92. The summed E-state index contributed by atoms with van der Waals surface area (Å²) in [5.74, 6) is 0. The summed E-state index contributed by atoms with van der Waals surface area (Å²) in [6, 6.07) is 24.1. The lowest BCUT2D eigenvalue weighted by atomic mass is 9.98. The summed E-state index contributed by atoms with van der Waals surface area (Å²) in [6.07, 6.45) is 1.14. The van der Waals surface area contributed by atoms with E-state index in [1.54, 1.807) is 0 Å². The first-order valence-electron chi connectivity index (χ1n) is 7.21. The molecule has 20 heavy (non-hydrogen) atoms. The summed E-state index contributed by atoms with van der Waals surface area (Å²) in [6.45, 7) is 2.12. The van der Waals surface area contributed by atoms with Crippen molar-refractivity contribution in [3.63, 3.8) is 0 Å². The molecule has 0 unspecified atom stereocenters. The van der Waals surface area contributed by atoms with Crippen LogP contribution >= 0.6 is 0 Å². The number of hydrogen-bond donors (Lipinski definition) is 0. The van der Waals surface area contributed by atoms with Gasteiger partial charge in [0.05, 0.1) is 0 Å². The van der Waals surface area contributed by atoms with Gasteiger partial charge in [0.15, 0.2) is 0 Å². The first-order valence-corrected chi connectivity index (χ1v) is 7.21. The van der Waals surface area contributed by atoms with E-state index in [1.807, 2.05) is 0 Å². The van der Waals surface area contributed by atoms with E-state index in [9.17, 15) is 0 Å². The van der Waals surface area contributed by atoms with Gasteiger partial charge in [0.2, 0.25) is 0 Å². The van der Waals surface area contributed by atoms with Crippen LogP contribution in [0.2, 0.25) is 0 Å². The van der Waals surface area contributed by atoms with E-state index in [0.717, 1.165) is 19.5 Å². The summed E-state index contributed by atoms with van der Waals surface area (Å²) < 4.78 is 0. The highest BCUT2D eigenvalue weighted by Gasteiger charge is 2.17. The van der Waals surface area contributed by atoms with Crippen molar-refractivity contribution >= 4 is 16.5 Å². The fourth-order valence-corrected chi connectivity index (χ4v) is 3.19. The molecule has 0 saturated carbocycles. The van der Waals surface area contributed by atoms with Crippen LogP contribution in [0.4, 0.5) is 5.69 Å². The van der Waals surface area contributed by atoms with Crippen LogP contribution in [0.1, 0.15) is 11.1 Å². The van der Waals surface area contributed by atoms with Gasteiger partial charge in [0, 0.05) is 24.2 Å². The fraction of sp³-hybridized carbons (Fsp3) is 0.158. The van der Waals surface area contributed by atoms with E-state index in [0.29, 0.717) is 0 Å². The molecule has 0 saturated heterocycles. The van der Waals surface area contributed by atoms with Crippen LogP contribution in [-0.2, 0) is 13.0 Å². The topological polar surface area (TPSA) is 3.24 Å². The van der Waals surface area contributed by atoms with E-state index in [4.69, 9.17) is 0 Å². The summed E-state index contributed by atoms with van der Waals surface area (Å²) in [5.41, 5.74) is 4.33. The molecule has 0 aliphatic carbocycles. The fourth-order valence-electron chi connectivity index (χ4n) is 3.19. The van der Waals surface area contributed by atoms with Gasteiger partial charge in [-0.2, -0.15) is 0 Å². The number of benzene rings is 3. The van der Waals surface area contributed by atoms with Crippen LogP contribution in [-0.4, -0.2) is 6.54 Å². The second kappa shape index (κ2) is 4.68. The van der Waals surface area contributed by atoms with Gasteiger partial charge in [-0.1, -0.05) is 60.7 Å². The third kappa shape index (κ3) is 1.87. The summed E-state index contributed by atoms with van der Waals surface area (Å²) in [5, 5.41) is 2.68.